The van der Waals surface area contributed by atoms with Crippen LogP contribution in [0.3, 0.4) is 0 Å². The fourth-order valence-electron chi connectivity index (χ4n) is 0.642. The summed E-state index contributed by atoms with van der Waals surface area (Å²) in [4.78, 5) is 0. The first-order valence-corrected chi connectivity index (χ1v) is 3.33. The van der Waals surface area contributed by atoms with Gasteiger partial charge in [0, 0.05) is 0 Å². The molecule has 0 N–H and O–H groups in total. The second-order valence-corrected chi connectivity index (χ2v) is 1.92. The van der Waals surface area contributed by atoms with Gasteiger partial charge in [0.05, 0.1) is 0 Å². The molecule has 0 amide bonds. The number of rotatable bonds is 0. The first kappa shape index (κ1) is 14.1. The summed E-state index contributed by atoms with van der Waals surface area (Å²) in [6.45, 7) is 0. The quantitative estimate of drug-likeness (QED) is 0.616. The molecule has 0 aliphatic heterocycles. The fraction of sp³-hybridized carbons (Fsp3) is 0. The van der Waals surface area contributed by atoms with E-state index in [0.29, 0.717) is 0 Å². The molecule has 0 saturated carbocycles. The molecule has 0 saturated heterocycles. The van der Waals surface area contributed by atoms with Gasteiger partial charge in [-0.3, -0.25) is 0 Å². The van der Waals surface area contributed by atoms with Crippen molar-refractivity contribution in [3.05, 3.63) is 68.1 Å². The van der Waals surface area contributed by atoms with Gasteiger partial charge in [-0.15, -0.1) is 0 Å². The molecule has 0 bridgehead atoms. The van der Waals surface area contributed by atoms with Crippen molar-refractivity contribution >= 4 is 0 Å². The summed E-state index contributed by atoms with van der Waals surface area (Å²) in [5.41, 5.74) is 0. The van der Waals surface area contributed by atoms with Crippen molar-refractivity contribution in [2.45, 2.75) is 0 Å². The van der Waals surface area contributed by atoms with Gasteiger partial charge in [0.2, 0.25) is 0 Å². The van der Waals surface area contributed by atoms with Crippen molar-refractivity contribution in [3.8, 4) is 0 Å². The minimum absolute atomic E-state index is 0. The zero-order valence-corrected chi connectivity index (χ0v) is 9.73. The monoisotopic (exact) mass is 235 g/mol. The Morgan fingerprint density at radius 2 is 0.833 bits per heavy atom. The first-order chi connectivity index (χ1) is 5.00. The SMILES string of the molecule is [CH3-].[Zr+3].c1cc[cH-]c1.c1cc[cH-]c1. The van der Waals surface area contributed by atoms with Crippen molar-refractivity contribution in [1.29, 1.82) is 0 Å². The van der Waals surface area contributed by atoms with Crippen molar-refractivity contribution < 1.29 is 26.2 Å². The van der Waals surface area contributed by atoms with Crippen LogP contribution in [0, 0.1) is 7.43 Å². The first-order valence-electron chi connectivity index (χ1n) is 3.33. The predicted molar refractivity (Wildman–Crippen MR) is 50.5 cm³/mol. The third-order valence-corrected chi connectivity index (χ3v) is 1.11. The van der Waals surface area contributed by atoms with E-state index in [1.54, 1.807) is 0 Å². The van der Waals surface area contributed by atoms with Crippen LogP contribution in [0.2, 0.25) is 0 Å². The van der Waals surface area contributed by atoms with Gasteiger partial charge in [-0.1, -0.05) is 0 Å². The smallest absolute Gasteiger partial charge is 0.358 e. The summed E-state index contributed by atoms with van der Waals surface area (Å²) in [6.07, 6.45) is 0. The molecule has 0 spiro atoms. The van der Waals surface area contributed by atoms with E-state index in [1.807, 2.05) is 60.7 Å². The number of hydrogen-bond donors (Lipinski definition) is 0. The van der Waals surface area contributed by atoms with Gasteiger partial charge in [0.25, 0.3) is 0 Å². The zero-order chi connectivity index (χ0) is 7.07. The van der Waals surface area contributed by atoms with E-state index in [2.05, 4.69) is 0 Å². The summed E-state index contributed by atoms with van der Waals surface area (Å²) in [5, 5.41) is 0. The average molecular weight is 236 g/mol. The van der Waals surface area contributed by atoms with Crippen LogP contribution in [-0.2, 0) is 26.2 Å². The molecule has 0 fully saturated rings. The van der Waals surface area contributed by atoms with Crippen LogP contribution in [0.15, 0.2) is 60.7 Å². The molecule has 0 aromatic heterocycles. The van der Waals surface area contributed by atoms with Crippen LogP contribution in [-0.4, -0.2) is 0 Å². The van der Waals surface area contributed by atoms with E-state index in [0.717, 1.165) is 0 Å². The molecule has 0 nitrogen and oxygen atoms in total. The van der Waals surface area contributed by atoms with E-state index in [9.17, 15) is 0 Å². The van der Waals surface area contributed by atoms with Gasteiger partial charge in [0.15, 0.2) is 0 Å². The molecule has 12 heavy (non-hydrogen) atoms. The Kier molecular flexibility index (Phi) is 12.5. The molecule has 0 aliphatic rings. The third-order valence-electron chi connectivity index (χ3n) is 1.11. The standard InChI is InChI=1S/2C5H5.CH3.Zr/c2*1-2-4-5-3-1;;/h2*1-5H;1H3;/q3*-1;+3. The molecule has 1 radical (unpaired) electrons. The van der Waals surface area contributed by atoms with Gasteiger partial charge in [-0.05, 0) is 0 Å². The molecule has 0 aliphatic carbocycles. The largest absolute Gasteiger partial charge is 3.00 e. The molecule has 0 atom stereocenters. The van der Waals surface area contributed by atoms with Crippen molar-refractivity contribution in [1.82, 2.24) is 0 Å². The molecule has 0 unspecified atom stereocenters. The fourth-order valence-corrected chi connectivity index (χ4v) is 0.642. The van der Waals surface area contributed by atoms with E-state index in [1.165, 1.54) is 0 Å². The third kappa shape index (κ3) is 7.69. The second-order valence-electron chi connectivity index (χ2n) is 1.92. The molecular weight excluding hydrogens is 223 g/mol. The van der Waals surface area contributed by atoms with E-state index >= 15 is 0 Å². The molecule has 61 valence electrons. The Balaban J connectivity index is 0. The molecule has 1 heteroatoms. The van der Waals surface area contributed by atoms with Gasteiger partial charge in [0.1, 0.15) is 0 Å². The van der Waals surface area contributed by atoms with E-state index in [-0.39, 0.29) is 33.6 Å². The zero-order valence-electron chi connectivity index (χ0n) is 7.27. The Morgan fingerprint density at radius 3 is 0.917 bits per heavy atom. The van der Waals surface area contributed by atoms with Crippen LogP contribution < -0.4 is 0 Å². The summed E-state index contributed by atoms with van der Waals surface area (Å²) < 4.78 is 0. The number of hydrogen-bond acceptors (Lipinski definition) is 0. The molecule has 2 aromatic carbocycles. The summed E-state index contributed by atoms with van der Waals surface area (Å²) in [7, 11) is 0. The maximum absolute atomic E-state index is 2.00. The normalized spacial score (nSPS) is 6.67. The minimum atomic E-state index is 0. The predicted octanol–water partition coefficient (Wildman–Crippen LogP) is 3.26. The van der Waals surface area contributed by atoms with Gasteiger partial charge < -0.3 is 7.43 Å². The van der Waals surface area contributed by atoms with Crippen molar-refractivity contribution in [3.63, 3.8) is 0 Å². The summed E-state index contributed by atoms with van der Waals surface area (Å²) >= 11 is 0. The Labute approximate surface area is 94.1 Å². The van der Waals surface area contributed by atoms with Crippen molar-refractivity contribution in [2.75, 3.05) is 0 Å². The van der Waals surface area contributed by atoms with Gasteiger partial charge in [-0.2, -0.15) is 36.4 Å². The van der Waals surface area contributed by atoms with Crippen LogP contribution >= 0.6 is 0 Å². The topological polar surface area (TPSA) is 0 Å². The minimum Gasteiger partial charge on any atom is -0.358 e. The second kappa shape index (κ2) is 10.6. The van der Waals surface area contributed by atoms with Gasteiger partial charge in [-0.25, -0.2) is 24.3 Å². The van der Waals surface area contributed by atoms with Crippen LogP contribution in [0.1, 0.15) is 0 Å². The maximum atomic E-state index is 2.00. The maximum Gasteiger partial charge on any atom is 3.00 e. The van der Waals surface area contributed by atoms with Crippen LogP contribution in [0.25, 0.3) is 0 Å². The summed E-state index contributed by atoms with van der Waals surface area (Å²) in [6, 6.07) is 20.0. The van der Waals surface area contributed by atoms with Crippen molar-refractivity contribution in [2.24, 2.45) is 0 Å². The molecule has 2 aromatic rings. The summed E-state index contributed by atoms with van der Waals surface area (Å²) in [5.74, 6) is 0. The Bertz CT molecular complexity index is 144. The van der Waals surface area contributed by atoms with E-state index in [4.69, 9.17) is 0 Å². The van der Waals surface area contributed by atoms with Gasteiger partial charge >= 0.3 is 26.2 Å². The van der Waals surface area contributed by atoms with Crippen LogP contribution in [0.4, 0.5) is 0 Å². The molecule has 2 rings (SSSR count). The average Bonchev–Trinajstić information content (AvgIpc) is 2.67. The Morgan fingerprint density at radius 1 is 0.583 bits per heavy atom. The molecule has 0 heterocycles. The van der Waals surface area contributed by atoms with Crippen LogP contribution in [0.5, 0.6) is 0 Å². The molecular formula is C11H13Zr. The van der Waals surface area contributed by atoms with E-state index < -0.39 is 0 Å². The Hall–Kier alpha value is -0.417.